The highest BCUT2D eigenvalue weighted by Gasteiger charge is 2.15. The zero-order valence-electron chi connectivity index (χ0n) is 21.1. The predicted molar refractivity (Wildman–Crippen MR) is 153 cm³/mol. The fourth-order valence-corrected chi connectivity index (χ4v) is 4.40. The molecule has 0 unspecified atom stereocenters. The maximum absolute atomic E-state index is 6.13. The van der Waals surface area contributed by atoms with Crippen LogP contribution >= 0.6 is 0 Å². The van der Waals surface area contributed by atoms with Crippen molar-refractivity contribution in [1.29, 1.82) is 0 Å². The number of pyridine rings is 2. The van der Waals surface area contributed by atoms with Gasteiger partial charge in [-0.1, -0.05) is 36.4 Å². The molecule has 0 aliphatic heterocycles. The molecule has 0 amide bonds. The lowest BCUT2D eigenvalue weighted by atomic mass is 10.0. The number of hydrogen-bond acceptors (Lipinski definition) is 8. The van der Waals surface area contributed by atoms with Gasteiger partial charge in [0.25, 0.3) is 0 Å². The third-order valence-electron chi connectivity index (χ3n) is 6.24. The quantitative estimate of drug-likeness (QED) is 0.238. The summed E-state index contributed by atoms with van der Waals surface area (Å²) < 4.78 is 11.7. The van der Waals surface area contributed by atoms with Gasteiger partial charge in [0, 0.05) is 40.0 Å². The predicted octanol–water partition coefficient (Wildman–Crippen LogP) is 6.88. The number of nitrogens with one attached hydrogen (secondary N) is 1. The average molecular weight is 513 g/mol. The number of nitrogens with zero attached hydrogens (tertiary/aromatic N) is 4. The molecule has 39 heavy (non-hydrogen) atoms. The third kappa shape index (κ3) is 4.91. The van der Waals surface area contributed by atoms with E-state index in [9.17, 15) is 0 Å². The van der Waals surface area contributed by atoms with Gasteiger partial charge in [-0.25, -0.2) is 9.97 Å². The Hall–Kier alpha value is -5.50. The fourth-order valence-electron chi connectivity index (χ4n) is 4.40. The molecule has 190 valence electrons. The molecule has 0 aliphatic carbocycles. The highest BCUT2D eigenvalue weighted by atomic mass is 16.5. The molecule has 8 nitrogen and oxygen atoms in total. The van der Waals surface area contributed by atoms with E-state index >= 15 is 0 Å². The molecule has 0 spiro atoms. The Balaban J connectivity index is 1.27. The fraction of sp³-hybridized carbons (Fsp3) is 0.0323. The molecule has 6 aromatic rings. The van der Waals surface area contributed by atoms with Gasteiger partial charge in [0.1, 0.15) is 23.0 Å². The number of rotatable bonds is 7. The first-order valence-electron chi connectivity index (χ1n) is 12.3. The first-order chi connectivity index (χ1) is 19.2. The van der Waals surface area contributed by atoms with Gasteiger partial charge in [0.05, 0.1) is 7.11 Å². The minimum absolute atomic E-state index is 0.435. The Bertz CT molecular complexity index is 1770. The van der Waals surface area contributed by atoms with E-state index in [-0.39, 0.29) is 0 Å². The molecular weight excluding hydrogens is 488 g/mol. The number of methoxy groups -OCH3 is 1. The topological polar surface area (TPSA) is 108 Å². The number of aromatic nitrogens is 4. The number of nitrogen functional groups attached to an aromatic ring is 1. The molecule has 0 aliphatic rings. The highest BCUT2D eigenvalue weighted by molar-refractivity contribution is 6.01. The van der Waals surface area contributed by atoms with Gasteiger partial charge in [-0.2, -0.15) is 0 Å². The molecule has 0 saturated heterocycles. The molecule has 3 N–H and O–H groups in total. The van der Waals surface area contributed by atoms with Crippen molar-refractivity contribution in [2.24, 2.45) is 0 Å². The number of benzene rings is 3. The van der Waals surface area contributed by atoms with Crippen molar-refractivity contribution in [1.82, 2.24) is 20.2 Å². The van der Waals surface area contributed by atoms with Crippen LogP contribution in [0.15, 0.2) is 109 Å². The second kappa shape index (κ2) is 10.5. The number of fused-ring (bicyclic) bond motifs is 1. The summed E-state index contributed by atoms with van der Waals surface area (Å²) in [5, 5.41) is 14.4. The lowest BCUT2D eigenvalue weighted by Crippen LogP contribution is -2.00. The van der Waals surface area contributed by atoms with E-state index in [2.05, 4.69) is 25.5 Å². The standard InChI is InChI=1S/C31H24N6O2/c1-38-27-11-5-4-9-26(27)29-24-7-2-3-8-25(24)30(37-36-29)35-21-12-14-22(15-13-21)39-31-23(10-6-17-34-31)20-16-18-33-28(32)19-20/h2-19H,1H3,(H2,32,33)(H,35,37). The average Bonchev–Trinajstić information content (AvgIpc) is 2.98. The molecule has 3 aromatic carbocycles. The van der Waals surface area contributed by atoms with E-state index in [1.165, 1.54) is 0 Å². The van der Waals surface area contributed by atoms with E-state index in [0.29, 0.717) is 23.3 Å². The van der Waals surface area contributed by atoms with Crippen LogP contribution < -0.4 is 20.5 Å². The Morgan fingerprint density at radius 1 is 0.718 bits per heavy atom. The Morgan fingerprint density at radius 2 is 1.49 bits per heavy atom. The molecule has 8 heteroatoms. The van der Waals surface area contributed by atoms with Crippen LogP contribution in [-0.2, 0) is 0 Å². The van der Waals surface area contributed by atoms with Gasteiger partial charge in [-0.15, -0.1) is 10.2 Å². The van der Waals surface area contributed by atoms with Gasteiger partial charge in [0.15, 0.2) is 5.82 Å². The summed E-state index contributed by atoms with van der Waals surface area (Å²) in [6.07, 6.45) is 3.36. The van der Waals surface area contributed by atoms with Crippen molar-refractivity contribution in [2.75, 3.05) is 18.2 Å². The SMILES string of the molecule is COc1ccccc1-c1nnc(Nc2ccc(Oc3ncccc3-c3ccnc(N)c3)cc2)c2ccccc12. The van der Waals surface area contributed by atoms with Crippen LogP contribution in [-0.4, -0.2) is 27.3 Å². The van der Waals surface area contributed by atoms with E-state index < -0.39 is 0 Å². The van der Waals surface area contributed by atoms with Crippen molar-refractivity contribution < 1.29 is 9.47 Å². The molecule has 3 aromatic heterocycles. The molecule has 0 atom stereocenters. The molecular formula is C31H24N6O2. The van der Waals surface area contributed by atoms with Gasteiger partial charge in [-0.3, -0.25) is 0 Å². The van der Waals surface area contributed by atoms with Gasteiger partial charge in [0.2, 0.25) is 5.88 Å². The van der Waals surface area contributed by atoms with Crippen LogP contribution in [0.4, 0.5) is 17.3 Å². The zero-order chi connectivity index (χ0) is 26.6. The second-order valence-electron chi connectivity index (χ2n) is 8.72. The Labute approximate surface area is 225 Å². The van der Waals surface area contributed by atoms with Crippen molar-refractivity contribution in [2.45, 2.75) is 0 Å². The smallest absolute Gasteiger partial charge is 0.227 e. The van der Waals surface area contributed by atoms with Crippen LogP contribution in [0.2, 0.25) is 0 Å². The van der Waals surface area contributed by atoms with E-state index in [1.54, 1.807) is 25.6 Å². The lowest BCUT2D eigenvalue weighted by Gasteiger charge is -2.14. The summed E-state index contributed by atoms with van der Waals surface area (Å²) in [6, 6.07) is 30.9. The van der Waals surface area contributed by atoms with Crippen LogP contribution in [0.3, 0.4) is 0 Å². The minimum atomic E-state index is 0.435. The summed E-state index contributed by atoms with van der Waals surface area (Å²) >= 11 is 0. The summed E-state index contributed by atoms with van der Waals surface area (Å²) in [5.41, 5.74) is 10.1. The number of ether oxygens (including phenoxy) is 2. The van der Waals surface area contributed by atoms with Crippen molar-refractivity contribution in [3.63, 3.8) is 0 Å². The molecule has 0 bridgehead atoms. The Morgan fingerprint density at radius 3 is 2.31 bits per heavy atom. The first kappa shape index (κ1) is 23.9. The van der Waals surface area contributed by atoms with E-state index in [0.717, 1.165) is 44.6 Å². The third-order valence-corrected chi connectivity index (χ3v) is 6.24. The van der Waals surface area contributed by atoms with Crippen molar-refractivity contribution in [3.05, 3.63) is 109 Å². The summed E-state index contributed by atoms with van der Waals surface area (Å²) in [5.74, 6) is 2.96. The first-order valence-corrected chi connectivity index (χ1v) is 12.3. The highest BCUT2D eigenvalue weighted by Crippen LogP contribution is 2.36. The maximum atomic E-state index is 6.13. The van der Waals surface area contributed by atoms with Crippen LogP contribution in [0.5, 0.6) is 17.4 Å². The number of para-hydroxylation sites is 1. The summed E-state index contributed by atoms with van der Waals surface area (Å²) in [7, 11) is 1.65. The molecule has 6 rings (SSSR count). The molecule has 0 saturated carbocycles. The van der Waals surface area contributed by atoms with E-state index in [4.69, 9.17) is 15.2 Å². The van der Waals surface area contributed by atoms with Crippen LogP contribution in [0.1, 0.15) is 0 Å². The monoisotopic (exact) mass is 512 g/mol. The van der Waals surface area contributed by atoms with Crippen LogP contribution in [0.25, 0.3) is 33.2 Å². The molecule has 0 radical (unpaired) electrons. The second-order valence-corrected chi connectivity index (χ2v) is 8.72. The largest absolute Gasteiger partial charge is 0.496 e. The normalized spacial score (nSPS) is 10.8. The minimum Gasteiger partial charge on any atom is -0.496 e. The van der Waals surface area contributed by atoms with Gasteiger partial charge in [-0.05, 0) is 66.2 Å². The Kier molecular flexibility index (Phi) is 6.41. The van der Waals surface area contributed by atoms with Crippen LogP contribution in [0, 0.1) is 0 Å². The number of anilines is 3. The number of hydrogen-bond donors (Lipinski definition) is 2. The maximum Gasteiger partial charge on any atom is 0.227 e. The van der Waals surface area contributed by atoms with Crippen molar-refractivity contribution in [3.8, 4) is 39.8 Å². The number of nitrogens with two attached hydrogens (primary N) is 1. The lowest BCUT2D eigenvalue weighted by molar-refractivity contribution is 0.416. The summed E-state index contributed by atoms with van der Waals surface area (Å²) in [6.45, 7) is 0. The van der Waals surface area contributed by atoms with E-state index in [1.807, 2.05) is 91.0 Å². The zero-order valence-corrected chi connectivity index (χ0v) is 21.1. The van der Waals surface area contributed by atoms with Gasteiger partial charge >= 0.3 is 0 Å². The molecule has 3 heterocycles. The molecule has 0 fully saturated rings. The van der Waals surface area contributed by atoms with Crippen molar-refractivity contribution >= 4 is 28.1 Å². The van der Waals surface area contributed by atoms with Gasteiger partial charge < -0.3 is 20.5 Å². The summed E-state index contributed by atoms with van der Waals surface area (Å²) in [4.78, 5) is 8.49.